The summed E-state index contributed by atoms with van der Waals surface area (Å²) in [6.07, 6.45) is 4.90. The van der Waals surface area contributed by atoms with Crippen molar-refractivity contribution < 1.29 is 9.59 Å². The van der Waals surface area contributed by atoms with Crippen molar-refractivity contribution in [3.8, 4) is 0 Å². The maximum absolute atomic E-state index is 13.0. The van der Waals surface area contributed by atoms with Crippen LogP contribution in [0.3, 0.4) is 0 Å². The van der Waals surface area contributed by atoms with Gasteiger partial charge in [-0.1, -0.05) is 36.4 Å². The van der Waals surface area contributed by atoms with Crippen molar-refractivity contribution in [2.24, 2.45) is 0 Å². The molecule has 3 heterocycles. The first kappa shape index (κ1) is 13.8. The molecule has 25 heavy (non-hydrogen) atoms. The largest absolute Gasteiger partial charge is 0.361 e. The summed E-state index contributed by atoms with van der Waals surface area (Å²) >= 11 is 0. The number of imide groups is 1. The molecule has 5 nitrogen and oxygen atoms in total. The molecule has 0 bridgehead atoms. The molecule has 4 aromatic rings. The number of carbonyl (C=O) groups is 2. The van der Waals surface area contributed by atoms with E-state index in [1.54, 1.807) is 12.4 Å². The summed E-state index contributed by atoms with van der Waals surface area (Å²) in [4.78, 5) is 33.1. The Morgan fingerprint density at radius 3 is 2.20 bits per heavy atom. The van der Waals surface area contributed by atoms with Crippen molar-refractivity contribution in [3.05, 3.63) is 72.6 Å². The van der Waals surface area contributed by atoms with Crippen molar-refractivity contribution in [2.45, 2.75) is 0 Å². The third-order valence-corrected chi connectivity index (χ3v) is 4.61. The second-order valence-corrected chi connectivity index (χ2v) is 6.00. The van der Waals surface area contributed by atoms with E-state index in [1.165, 1.54) is 11.0 Å². The Labute approximate surface area is 142 Å². The van der Waals surface area contributed by atoms with Gasteiger partial charge < -0.3 is 9.97 Å². The number of aromatic amines is 2. The van der Waals surface area contributed by atoms with E-state index in [0.717, 1.165) is 27.4 Å². The van der Waals surface area contributed by atoms with Crippen LogP contribution in [0.4, 0.5) is 5.69 Å². The molecule has 2 N–H and O–H groups in total. The second-order valence-electron chi connectivity index (χ2n) is 6.00. The Morgan fingerprint density at radius 2 is 1.40 bits per heavy atom. The van der Waals surface area contributed by atoms with E-state index in [-0.39, 0.29) is 11.8 Å². The minimum absolute atomic E-state index is 0.306. The first-order valence-electron chi connectivity index (χ1n) is 7.97. The average molecular weight is 327 g/mol. The van der Waals surface area contributed by atoms with Crippen LogP contribution in [0.1, 0.15) is 5.56 Å². The standard InChI is InChI=1S/C20H13N3O2/c24-19-9-14(15-10-21-16-7-3-1-5-12(15)16)20(25)23(19)18-11-22-17-8-4-2-6-13(17)18/h1-11,21-22H. The number of carbonyl (C=O) groups excluding carboxylic acids is 2. The van der Waals surface area contributed by atoms with Crippen LogP contribution in [0.25, 0.3) is 27.4 Å². The van der Waals surface area contributed by atoms with E-state index in [0.29, 0.717) is 11.3 Å². The van der Waals surface area contributed by atoms with E-state index in [4.69, 9.17) is 0 Å². The number of nitrogens with zero attached hydrogens (tertiary/aromatic N) is 1. The van der Waals surface area contributed by atoms with Gasteiger partial charge in [0.2, 0.25) is 0 Å². The first-order chi connectivity index (χ1) is 12.2. The van der Waals surface area contributed by atoms with Gasteiger partial charge in [0.25, 0.3) is 11.8 Å². The van der Waals surface area contributed by atoms with Gasteiger partial charge >= 0.3 is 0 Å². The van der Waals surface area contributed by atoms with E-state index >= 15 is 0 Å². The Kier molecular flexibility index (Phi) is 2.73. The zero-order valence-corrected chi connectivity index (χ0v) is 13.1. The van der Waals surface area contributed by atoms with Crippen molar-refractivity contribution in [3.63, 3.8) is 0 Å². The number of hydrogen-bond acceptors (Lipinski definition) is 2. The summed E-state index contributed by atoms with van der Waals surface area (Å²) in [5, 5.41) is 1.77. The number of H-pyrrole nitrogens is 2. The number of fused-ring (bicyclic) bond motifs is 2. The molecule has 0 fully saturated rings. The molecular weight excluding hydrogens is 314 g/mol. The van der Waals surface area contributed by atoms with Crippen LogP contribution in [-0.2, 0) is 9.59 Å². The zero-order valence-electron chi connectivity index (χ0n) is 13.1. The first-order valence-corrected chi connectivity index (χ1v) is 7.97. The van der Waals surface area contributed by atoms with Crippen LogP contribution in [-0.4, -0.2) is 21.8 Å². The fraction of sp³-hybridized carbons (Fsp3) is 0. The normalized spacial score (nSPS) is 14.7. The van der Waals surface area contributed by atoms with Crippen molar-refractivity contribution in [2.75, 3.05) is 4.90 Å². The Hall–Kier alpha value is -3.60. The highest BCUT2D eigenvalue weighted by Crippen LogP contribution is 2.35. The van der Waals surface area contributed by atoms with Gasteiger partial charge in [-0.05, 0) is 12.1 Å². The minimum atomic E-state index is -0.324. The molecule has 0 spiro atoms. The average Bonchev–Trinajstić information content (AvgIpc) is 3.31. The fourth-order valence-corrected chi connectivity index (χ4v) is 3.43. The summed E-state index contributed by atoms with van der Waals surface area (Å²) < 4.78 is 0. The maximum atomic E-state index is 13.0. The fourth-order valence-electron chi connectivity index (χ4n) is 3.43. The third-order valence-electron chi connectivity index (χ3n) is 4.61. The molecule has 0 aliphatic carbocycles. The second kappa shape index (κ2) is 4.95. The van der Waals surface area contributed by atoms with Crippen LogP contribution in [0.15, 0.2) is 67.0 Å². The van der Waals surface area contributed by atoms with Crippen LogP contribution >= 0.6 is 0 Å². The lowest BCUT2D eigenvalue weighted by atomic mass is 10.1. The van der Waals surface area contributed by atoms with Crippen LogP contribution in [0.5, 0.6) is 0 Å². The SMILES string of the molecule is O=C1C=C(c2c[nH]c3ccccc23)C(=O)N1c1c[nH]c2ccccc12. The smallest absolute Gasteiger partial charge is 0.266 e. The highest BCUT2D eigenvalue weighted by Gasteiger charge is 2.35. The molecule has 5 rings (SSSR count). The van der Waals surface area contributed by atoms with E-state index < -0.39 is 0 Å². The van der Waals surface area contributed by atoms with Gasteiger partial charge in [0.05, 0.1) is 11.3 Å². The molecule has 2 amide bonds. The summed E-state index contributed by atoms with van der Waals surface area (Å²) in [5.74, 6) is -0.630. The number of aromatic nitrogens is 2. The number of anilines is 1. The van der Waals surface area contributed by atoms with Gasteiger partial charge in [0, 0.05) is 45.8 Å². The molecule has 0 saturated carbocycles. The Morgan fingerprint density at radius 1 is 0.760 bits per heavy atom. The van der Waals surface area contributed by atoms with Gasteiger partial charge in [-0.3, -0.25) is 9.59 Å². The summed E-state index contributed by atoms with van der Waals surface area (Å²) in [7, 11) is 0. The third kappa shape index (κ3) is 1.89. The van der Waals surface area contributed by atoms with Gasteiger partial charge in [0.15, 0.2) is 0 Å². The maximum Gasteiger partial charge on any atom is 0.266 e. The van der Waals surface area contributed by atoms with Crippen LogP contribution in [0.2, 0.25) is 0 Å². The van der Waals surface area contributed by atoms with E-state index in [9.17, 15) is 9.59 Å². The molecule has 1 aliphatic heterocycles. The van der Waals surface area contributed by atoms with Gasteiger partial charge in [-0.2, -0.15) is 0 Å². The van der Waals surface area contributed by atoms with Crippen molar-refractivity contribution in [1.29, 1.82) is 0 Å². The topological polar surface area (TPSA) is 69.0 Å². The summed E-state index contributed by atoms with van der Waals surface area (Å²) in [6.45, 7) is 0. The van der Waals surface area contributed by atoms with Gasteiger partial charge in [-0.25, -0.2) is 4.90 Å². The predicted molar refractivity (Wildman–Crippen MR) is 97.1 cm³/mol. The lowest BCUT2D eigenvalue weighted by Gasteiger charge is -2.13. The minimum Gasteiger partial charge on any atom is -0.361 e. The lowest BCUT2D eigenvalue weighted by Crippen LogP contribution is -2.30. The highest BCUT2D eigenvalue weighted by atomic mass is 16.2. The number of rotatable bonds is 2. The number of benzene rings is 2. The van der Waals surface area contributed by atoms with Crippen LogP contribution in [0, 0.1) is 0 Å². The number of nitrogens with one attached hydrogen (secondary N) is 2. The van der Waals surface area contributed by atoms with Gasteiger partial charge in [0.1, 0.15) is 0 Å². The number of hydrogen-bond donors (Lipinski definition) is 2. The summed E-state index contributed by atoms with van der Waals surface area (Å²) in [5.41, 5.74) is 3.56. The molecule has 0 saturated heterocycles. The number of para-hydroxylation sites is 2. The molecule has 0 radical (unpaired) electrons. The highest BCUT2D eigenvalue weighted by molar-refractivity contribution is 6.45. The van der Waals surface area contributed by atoms with E-state index in [2.05, 4.69) is 9.97 Å². The molecule has 1 aliphatic rings. The molecule has 2 aromatic heterocycles. The molecule has 2 aromatic carbocycles. The molecular formula is C20H13N3O2. The van der Waals surface area contributed by atoms with E-state index in [1.807, 2.05) is 48.5 Å². The Bertz CT molecular complexity index is 1200. The molecule has 120 valence electrons. The molecule has 0 unspecified atom stereocenters. The lowest BCUT2D eigenvalue weighted by molar-refractivity contribution is -0.119. The zero-order chi connectivity index (χ0) is 17.0. The molecule has 0 atom stereocenters. The predicted octanol–water partition coefficient (Wildman–Crippen LogP) is 3.61. The van der Waals surface area contributed by atoms with Crippen molar-refractivity contribution >= 4 is 44.9 Å². The van der Waals surface area contributed by atoms with Crippen molar-refractivity contribution in [1.82, 2.24) is 9.97 Å². The summed E-state index contributed by atoms with van der Waals surface area (Å²) in [6, 6.07) is 15.3. The van der Waals surface area contributed by atoms with Gasteiger partial charge in [-0.15, -0.1) is 0 Å². The Balaban J connectivity index is 1.63. The van der Waals surface area contributed by atoms with Crippen LogP contribution < -0.4 is 4.90 Å². The monoisotopic (exact) mass is 327 g/mol. The molecule has 5 heteroatoms. The number of amides is 2. The quantitative estimate of drug-likeness (QED) is 0.552.